The van der Waals surface area contributed by atoms with E-state index in [4.69, 9.17) is 18.9 Å². The lowest BCUT2D eigenvalue weighted by Gasteiger charge is -2.24. The molecule has 1 aromatic carbocycles. The van der Waals surface area contributed by atoms with E-state index in [2.05, 4.69) is 50.3 Å². The number of benzene rings is 1. The number of hydrogen-bond donors (Lipinski definition) is 0. The minimum atomic E-state index is -1.24. The number of aromatic nitrogens is 3. The first kappa shape index (κ1) is 30.5. The fourth-order valence-electron chi connectivity index (χ4n) is 4.72. The van der Waals surface area contributed by atoms with Gasteiger partial charge in [-0.2, -0.15) is 0 Å². The molecule has 1 saturated heterocycles. The molecule has 3 heterocycles. The summed E-state index contributed by atoms with van der Waals surface area (Å²) in [5.74, 6) is 0.768. The number of methoxy groups -OCH3 is 1. The summed E-state index contributed by atoms with van der Waals surface area (Å²) in [7, 11) is 0.357. The molecular formula is C29H41BrN4O5Si. The Morgan fingerprint density at radius 2 is 1.93 bits per heavy atom. The molecule has 0 unspecified atom stereocenters. The van der Waals surface area contributed by atoms with E-state index in [1.165, 1.54) is 0 Å². The van der Waals surface area contributed by atoms with Crippen molar-refractivity contribution in [2.24, 2.45) is 0 Å². The van der Waals surface area contributed by atoms with Gasteiger partial charge in [-0.3, -0.25) is 0 Å². The Balaban J connectivity index is 1.69. The molecule has 0 aliphatic carbocycles. The number of fused-ring (bicyclic) bond motifs is 1. The standard InChI is InChI=1S/C29H41BrN4O5Si/c1-29(2,3)39-28(35)33-13-12-20(17-33)26-25(30)22-16-23(21-10-8-9-11-24(21)38-19-36-4)31-32-27(22)34(26)18-37-14-15-40(5,6)7/h8-11,16,20H,12-15,17-19H2,1-7H3/t20-/m1/s1. The molecule has 4 rings (SSSR count). The summed E-state index contributed by atoms with van der Waals surface area (Å²) in [6.45, 7) is 15.1. The molecule has 0 N–H and O–H groups in total. The average molecular weight is 634 g/mol. The number of nitrogens with zero attached hydrogens (tertiary/aromatic N) is 4. The van der Waals surface area contributed by atoms with Crippen LogP contribution in [0.25, 0.3) is 22.3 Å². The second-order valence-electron chi connectivity index (χ2n) is 12.4. The average Bonchev–Trinajstić information content (AvgIpc) is 3.47. The normalized spacial score (nSPS) is 16.1. The van der Waals surface area contributed by atoms with E-state index in [0.29, 0.717) is 37.9 Å². The highest BCUT2D eigenvalue weighted by Gasteiger charge is 2.34. The molecular weight excluding hydrogens is 592 g/mol. The first-order valence-corrected chi connectivity index (χ1v) is 18.2. The Bertz CT molecular complexity index is 1330. The van der Waals surface area contributed by atoms with Crippen LogP contribution in [-0.2, 0) is 20.9 Å². The van der Waals surface area contributed by atoms with Crippen molar-refractivity contribution in [3.05, 3.63) is 40.5 Å². The predicted molar refractivity (Wildman–Crippen MR) is 162 cm³/mol. The fourth-order valence-corrected chi connectivity index (χ4v) is 6.30. The molecule has 1 fully saturated rings. The van der Waals surface area contributed by atoms with Crippen molar-refractivity contribution in [3.63, 3.8) is 0 Å². The van der Waals surface area contributed by atoms with Gasteiger partial charge in [0.1, 0.15) is 18.1 Å². The molecule has 3 aromatic rings. The summed E-state index contributed by atoms with van der Waals surface area (Å²) in [5, 5.41) is 10.2. The lowest BCUT2D eigenvalue weighted by Crippen LogP contribution is -2.35. The molecule has 0 spiro atoms. The smallest absolute Gasteiger partial charge is 0.410 e. The highest BCUT2D eigenvalue weighted by Crippen LogP contribution is 2.40. The second-order valence-corrected chi connectivity index (χ2v) is 18.8. The number of likely N-dealkylation sites (tertiary alicyclic amines) is 1. The summed E-state index contributed by atoms with van der Waals surface area (Å²) in [4.78, 5) is 14.6. The molecule has 1 aliphatic heterocycles. The van der Waals surface area contributed by atoms with Gasteiger partial charge in [-0.25, -0.2) is 4.79 Å². The van der Waals surface area contributed by atoms with Crippen LogP contribution in [0.2, 0.25) is 25.7 Å². The van der Waals surface area contributed by atoms with Gasteiger partial charge in [0.15, 0.2) is 12.4 Å². The number of hydrogen-bond acceptors (Lipinski definition) is 7. The van der Waals surface area contributed by atoms with Crippen molar-refractivity contribution in [3.8, 4) is 17.0 Å². The Kier molecular flexibility index (Phi) is 9.59. The van der Waals surface area contributed by atoms with E-state index in [1.807, 2.05) is 51.1 Å². The quantitative estimate of drug-likeness (QED) is 0.137. The van der Waals surface area contributed by atoms with Gasteiger partial charge in [-0.15, -0.1) is 10.2 Å². The summed E-state index contributed by atoms with van der Waals surface area (Å²) in [5.41, 5.74) is 2.79. The number of halogens is 1. The third-order valence-electron chi connectivity index (χ3n) is 6.72. The van der Waals surface area contributed by atoms with Crippen LogP contribution in [0.4, 0.5) is 4.79 Å². The Morgan fingerprint density at radius 3 is 2.62 bits per heavy atom. The zero-order valence-corrected chi connectivity index (χ0v) is 27.2. The number of amides is 1. The number of para-hydroxylation sites is 1. The van der Waals surface area contributed by atoms with Crippen molar-refractivity contribution in [1.29, 1.82) is 0 Å². The molecule has 1 aliphatic rings. The Labute approximate surface area is 246 Å². The van der Waals surface area contributed by atoms with Crippen molar-refractivity contribution < 1.29 is 23.7 Å². The van der Waals surface area contributed by atoms with Crippen LogP contribution in [-0.4, -0.2) is 73.0 Å². The summed E-state index contributed by atoms with van der Waals surface area (Å²) in [6, 6.07) is 10.8. The van der Waals surface area contributed by atoms with Gasteiger partial charge in [0.05, 0.1) is 5.69 Å². The van der Waals surface area contributed by atoms with Crippen LogP contribution in [0.1, 0.15) is 38.8 Å². The van der Waals surface area contributed by atoms with Gasteiger partial charge in [-0.05, 0) is 67.4 Å². The third-order valence-corrected chi connectivity index (χ3v) is 9.26. The van der Waals surface area contributed by atoms with Crippen LogP contribution >= 0.6 is 15.9 Å². The van der Waals surface area contributed by atoms with E-state index in [1.54, 1.807) is 12.0 Å². The molecule has 40 heavy (non-hydrogen) atoms. The SMILES string of the molecule is COCOc1ccccc1-c1cc2c(Br)c([C@@H]3CCN(C(=O)OC(C)(C)C)C3)n(COCC[Si](C)(C)C)c2nn1. The molecule has 0 radical (unpaired) electrons. The zero-order chi connectivity index (χ0) is 29.1. The van der Waals surface area contributed by atoms with Gasteiger partial charge < -0.3 is 28.4 Å². The maximum Gasteiger partial charge on any atom is 0.410 e. The molecule has 9 nitrogen and oxygen atoms in total. The second kappa shape index (κ2) is 12.6. The van der Waals surface area contributed by atoms with Crippen molar-refractivity contribution >= 4 is 41.1 Å². The molecule has 2 aromatic heterocycles. The number of ether oxygens (including phenoxy) is 4. The molecule has 11 heteroatoms. The van der Waals surface area contributed by atoms with Crippen molar-refractivity contribution in [1.82, 2.24) is 19.7 Å². The Hall–Kier alpha value is -2.47. The van der Waals surface area contributed by atoms with Crippen LogP contribution in [0.3, 0.4) is 0 Å². The fraction of sp³-hybridized carbons (Fsp3) is 0.552. The van der Waals surface area contributed by atoms with Gasteiger partial charge >= 0.3 is 6.09 Å². The van der Waals surface area contributed by atoms with E-state index in [-0.39, 0.29) is 18.8 Å². The van der Waals surface area contributed by atoms with Gasteiger partial charge in [0.25, 0.3) is 0 Å². The van der Waals surface area contributed by atoms with Crippen molar-refractivity contribution in [2.75, 3.05) is 33.6 Å². The summed E-state index contributed by atoms with van der Waals surface area (Å²) >= 11 is 3.90. The molecule has 0 saturated carbocycles. The third kappa shape index (κ3) is 7.42. The topological polar surface area (TPSA) is 87.9 Å². The first-order chi connectivity index (χ1) is 18.9. The zero-order valence-electron chi connectivity index (χ0n) is 24.6. The van der Waals surface area contributed by atoms with E-state index >= 15 is 0 Å². The summed E-state index contributed by atoms with van der Waals surface area (Å²) in [6.07, 6.45) is 0.534. The van der Waals surface area contributed by atoms with E-state index in [9.17, 15) is 4.79 Å². The first-order valence-electron chi connectivity index (χ1n) is 13.7. The molecule has 218 valence electrons. The van der Waals surface area contributed by atoms with Gasteiger partial charge in [0.2, 0.25) is 0 Å². The van der Waals surface area contributed by atoms with Crippen LogP contribution in [0, 0.1) is 0 Å². The van der Waals surface area contributed by atoms with E-state index in [0.717, 1.165) is 39.2 Å². The lowest BCUT2D eigenvalue weighted by atomic mass is 10.0. The van der Waals surface area contributed by atoms with E-state index < -0.39 is 13.7 Å². The van der Waals surface area contributed by atoms with Gasteiger partial charge in [0, 0.05) is 61.9 Å². The molecule has 1 atom stereocenters. The van der Waals surface area contributed by atoms with Crippen LogP contribution in [0.5, 0.6) is 5.75 Å². The Morgan fingerprint density at radius 1 is 1.18 bits per heavy atom. The molecule has 1 amide bonds. The highest BCUT2D eigenvalue weighted by molar-refractivity contribution is 9.10. The largest absolute Gasteiger partial charge is 0.467 e. The van der Waals surface area contributed by atoms with Crippen LogP contribution < -0.4 is 4.74 Å². The number of carbonyl (C=O) groups is 1. The van der Waals surface area contributed by atoms with Crippen LogP contribution in [0.15, 0.2) is 34.8 Å². The highest BCUT2D eigenvalue weighted by atomic mass is 79.9. The maximum absolute atomic E-state index is 12.8. The number of rotatable bonds is 10. The predicted octanol–water partition coefficient (Wildman–Crippen LogP) is 6.88. The minimum Gasteiger partial charge on any atom is -0.467 e. The number of carbonyl (C=O) groups excluding carboxylic acids is 1. The minimum absolute atomic E-state index is 0.0949. The van der Waals surface area contributed by atoms with Crippen molar-refractivity contribution in [2.45, 2.75) is 71.1 Å². The van der Waals surface area contributed by atoms with Gasteiger partial charge in [-0.1, -0.05) is 31.8 Å². The lowest BCUT2D eigenvalue weighted by molar-refractivity contribution is 0.0291. The molecule has 0 bridgehead atoms. The maximum atomic E-state index is 12.8. The monoisotopic (exact) mass is 632 g/mol. The summed E-state index contributed by atoms with van der Waals surface area (Å²) < 4.78 is 25.8.